The molecule has 2 amide bonds. The number of benzene rings is 2. The second-order valence-electron chi connectivity index (χ2n) is 7.52. The van der Waals surface area contributed by atoms with Crippen molar-refractivity contribution in [3.8, 4) is 5.75 Å². The van der Waals surface area contributed by atoms with Crippen LogP contribution >= 0.6 is 23.2 Å². The molecule has 2 aliphatic carbocycles. The molecule has 3 aliphatic rings. The molecule has 2 aromatic rings. The number of carbonyl (C=O) groups excluding carboxylic acids is 3. The number of amides is 2. The van der Waals surface area contributed by atoms with Crippen molar-refractivity contribution in [3.05, 3.63) is 70.2 Å². The van der Waals surface area contributed by atoms with Gasteiger partial charge in [0, 0.05) is 5.02 Å². The number of rotatable bonds is 3. The van der Waals surface area contributed by atoms with E-state index in [2.05, 4.69) is 12.2 Å². The first-order valence-electron chi connectivity index (χ1n) is 9.27. The lowest BCUT2D eigenvalue weighted by molar-refractivity contribution is -0.123. The van der Waals surface area contributed by atoms with E-state index in [1.54, 1.807) is 18.2 Å². The summed E-state index contributed by atoms with van der Waals surface area (Å²) in [6, 6.07) is 10.8. The first-order valence-corrected chi connectivity index (χ1v) is 10.0. The fraction of sp³-hybridized carbons (Fsp3) is 0.227. The van der Waals surface area contributed by atoms with Crippen molar-refractivity contribution in [2.45, 2.75) is 6.42 Å². The molecule has 1 heterocycles. The van der Waals surface area contributed by atoms with Crippen LogP contribution in [0.4, 0.5) is 5.69 Å². The molecule has 0 aromatic heterocycles. The van der Waals surface area contributed by atoms with Gasteiger partial charge in [0.2, 0.25) is 11.8 Å². The van der Waals surface area contributed by atoms with Crippen LogP contribution in [0.25, 0.3) is 0 Å². The highest BCUT2D eigenvalue weighted by Crippen LogP contribution is 2.53. The Kier molecular flexibility index (Phi) is 4.26. The third-order valence-electron chi connectivity index (χ3n) is 5.93. The molecule has 1 aliphatic heterocycles. The molecule has 29 heavy (non-hydrogen) atoms. The highest BCUT2D eigenvalue weighted by molar-refractivity contribution is 6.35. The molecule has 146 valence electrons. The van der Waals surface area contributed by atoms with Crippen molar-refractivity contribution in [1.82, 2.24) is 0 Å². The second-order valence-corrected chi connectivity index (χ2v) is 8.37. The number of anilines is 1. The summed E-state index contributed by atoms with van der Waals surface area (Å²) < 4.78 is 5.31. The topological polar surface area (TPSA) is 63.7 Å². The molecule has 2 bridgehead atoms. The van der Waals surface area contributed by atoms with E-state index in [0.717, 1.165) is 6.42 Å². The van der Waals surface area contributed by atoms with Crippen LogP contribution in [-0.4, -0.2) is 17.8 Å². The van der Waals surface area contributed by atoms with Crippen LogP contribution in [0, 0.1) is 23.7 Å². The van der Waals surface area contributed by atoms with Crippen LogP contribution in [-0.2, 0) is 9.59 Å². The summed E-state index contributed by atoms with van der Waals surface area (Å²) in [6.45, 7) is 0. The summed E-state index contributed by atoms with van der Waals surface area (Å²) >= 11 is 11.9. The minimum atomic E-state index is -0.598. The maximum atomic E-state index is 12.9. The van der Waals surface area contributed by atoms with Crippen molar-refractivity contribution in [1.29, 1.82) is 0 Å². The van der Waals surface area contributed by atoms with Crippen molar-refractivity contribution < 1.29 is 19.1 Å². The van der Waals surface area contributed by atoms with Gasteiger partial charge in [-0.2, -0.15) is 0 Å². The zero-order valence-corrected chi connectivity index (χ0v) is 16.6. The van der Waals surface area contributed by atoms with Crippen LogP contribution in [0.15, 0.2) is 54.6 Å². The minimum absolute atomic E-state index is 0.153. The molecule has 4 atom stereocenters. The highest BCUT2D eigenvalue weighted by atomic mass is 35.5. The maximum absolute atomic E-state index is 12.9. The van der Waals surface area contributed by atoms with E-state index in [0.29, 0.717) is 10.7 Å². The molecule has 1 saturated heterocycles. The number of ether oxygens (including phenoxy) is 1. The quantitative estimate of drug-likeness (QED) is 0.312. The summed E-state index contributed by atoms with van der Waals surface area (Å²) in [5, 5.41) is 0.665. The van der Waals surface area contributed by atoms with E-state index in [4.69, 9.17) is 27.9 Å². The number of halogens is 2. The minimum Gasteiger partial charge on any atom is -0.421 e. The highest BCUT2D eigenvalue weighted by Gasteiger charge is 2.59. The zero-order valence-electron chi connectivity index (χ0n) is 15.0. The monoisotopic (exact) mass is 427 g/mol. The maximum Gasteiger partial charge on any atom is 0.343 e. The summed E-state index contributed by atoms with van der Waals surface area (Å²) in [6.07, 6.45) is 5.00. The second kappa shape index (κ2) is 6.71. The summed E-state index contributed by atoms with van der Waals surface area (Å²) in [5.41, 5.74) is 0.746. The number of fused-ring (bicyclic) bond motifs is 5. The lowest BCUT2D eigenvalue weighted by Crippen LogP contribution is -2.32. The van der Waals surface area contributed by atoms with Crippen LogP contribution < -0.4 is 9.64 Å². The van der Waals surface area contributed by atoms with Crippen molar-refractivity contribution in [2.75, 3.05) is 4.90 Å². The van der Waals surface area contributed by atoms with Crippen LogP contribution in [0.2, 0.25) is 10.0 Å². The van der Waals surface area contributed by atoms with E-state index >= 15 is 0 Å². The third kappa shape index (κ3) is 2.88. The Bertz CT molecular complexity index is 1050. The van der Waals surface area contributed by atoms with E-state index in [1.807, 2.05) is 0 Å². The van der Waals surface area contributed by atoms with Gasteiger partial charge >= 0.3 is 5.97 Å². The Labute approximate surface area is 176 Å². The smallest absolute Gasteiger partial charge is 0.343 e. The van der Waals surface area contributed by atoms with E-state index in [9.17, 15) is 14.4 Å². The summed E-state index contributed by atoms with van der Waals surface area (Å²) in [4.78, 5) is 39.4. The lowest BCUT2D eigenvalue weighted by Gasteiger charge is -2.17. The average Bonchev–Trinajstić information content (AvgIpc) is 3.38. The number of imide groups is 1. The summed E-state index contributed by atoms with van der Waals surface area (Å²) in [5.74, 6) is -0.900. The molecule has 1 saturated carbocycles. The average molecular weight is 428 g/mol. The molecular weight excluding hydrogens is 413 g/mol. The van der Waals surface area contributed by atoms with Gasteiger partial charge in [-0.05, 0) is 60.7 Å². The van der Waals surface area contributed by atoms with Gasteiger partial charge in [-0.25, -0.2) is 4.79 Å². The SMILES string of the molecule is O=C(Oc1ccc(Cl)cc1Cl)c1ccc(N2C(=O)[C@@H]3[C@@H](C2=O)[C@H]2C=C[C@H]3C2)cc1. The fourth-order valence-corrected chi connectivity index (χ4v) is 5.07. The number of esters is 1. The number of nitrogens with zero attached hydrogens (tertiary/aromatic N) is 1. The number of allylic oxidation sites excluding steroid dienone is 2. The van der Waals surface area contributed by atoms with E-state index in [-0.39, 0.29) is 51.8 Å². The molecule has 0 radical (unpaired) electrons. The molecule has 5 rings (SSSR count). The van der Waals surface area contributed by atoms with Gasteiger partial charge in [0.15, 0.2) is 0 Å². The largest absolute Gasteiger partial charge is 0.421 e. The number of carbonyl (C=O) groups is 3. The van der Waals surface area contributed by atoms with Gasteiger partial charge in [0.25, 0.3) is 0 Å². The normalized spacial score (nSPS) is 26.9. The van der Waals surface area contributed by atoms with Gasteiger partial charge in [-0.15, -0.1) is 0 Å². The Balaban J connectivity index is 1.35. The molecule has 0 N–H and O–H groups in total. The standard InChI is InChI=1S/C22H15Cl2NO4/c23-14-5-8-17(16(24)10-14)29-22(28)11-3-6-15(7-4-11)25-20(26)18-12-1-2-13(9-12)19(18)21(25)27/h1-8,10,12-13,18-19H,9H2/t12-,13-,18-,19-/m0/s1. The zero-order chi connectivity index (χ0) is 20.3. The van der Waals surface area contributed by atoms with Crippen molar-refractivity contribution in [3.63, 3.8) is 0 Å². The van der Waals surface area contributed by atoms with Crippen LogP contribution in [0.3, 0.4) is 0 Å². The first-order chi connectivity index (χ1) is 13.9. The summed E-state index contributed by atoms with van der Waals surface area (Å²) in [7, 11) is 0. The Hall–Kier alpha value is -2.63. The fourth-order valence-electron chi connectivity index (χ4n) is 4.62. The molecule has 2 fully saturated rings. The Morgan fingerprint density at radius 1 is 0.931 bits per heavy atom. The predicted octanol–water partition coefficient (Wildman–Crippen LogP) is 4.52. The van der Waals surface area contributed by atoms with Gasteiger partial charge in [-0.1, -0.05) is 35.4 Å². The Morgan fingerprint density at radius 3 is 2.14 bits per heavy atom. The molecule has 0 unspecified atom stereocenters. The number of hydrogen-bond acceptors (Lipinski definition) is 4. The molecule has 7 heteroatoms. The van der Waals surface area contributed by atoms with E-state index < -0.39 is 5.97 Å². The van der Waals surface area contributed by atoms with Gasteiger partial charge in [0.05, 0.1) is 28.1 Å². The van der Waals surface area contributed by atoms with Gasteiger partial charge in [-0.3, -0.25) is 14.5 Å². The lowest BCUT2D eigenvalue weighted by atomic mass is 9.85. The van der Waals surface area contributed by atoms with Gasteiger partial charge < -0.3 is 4.74 Å². The predicted molar refractivity (Wildman–Crippen MR) is 108 cm³/mol. The van der Waals surface area contributed by atoms with Crippen LogP contribution in [0.5, 0.6) is 5.75 Å². The van der Waals surface area contributed by atoms with E-state index in [1.165, 1.54) is 29.2 Å². The first kappa shape index (κ1) is 18.4. The molecule has 5 nitrogen and oxygen atoms in total. The molecule has 0 spiro atoms. The molecule has 2 aromatic carbocycles. The van der Waals surface area contributed by atoms with Crippen LogP contribution in [0.1, 0.15) is 16.8 Å². The number of hydrogen-bond donors (Lipinski definition) is 0. The Morgan fingerprint density at radius 2 is 1.55 bits per heavy atom. The van der Waals surface area contributed by atoms with Gasteiger partial charge in [0.1, 0.15) is 5.75 Å². The molecular formula is C22H15Cl2NO4. The third-order valence-corrected chi connectivity index (χ3v) is 6.46. The van der Waals surface area contributed by atoms with Crippen molar-refractivity contribution in [2.24, 2.45) is 23.7 Å². The van der Waals surface area contributed by atoms with Crippen molar-refractivity contribution >= 4 is 46.7 Å².